The van der Waals surface area contributed by atoms with Crippen LogP contribution in [0.15, 0.2) is 30.6 Å². The molecule has 0 unspecified atom stereocenters. The van der Waals surface area contributed by atoms with Crippen molar-refractivity contribution in [1.82, 2.24) is 19.4 Å². The van der Waals surface area contributed by atoms with Gasteiger partial charge in [0.25, 0.3) is 0 Å². The van der Waals surface area contributed by atoms with E-state index in [4.69, 9.17) is 0 Å². The van der Waals surface area contributed by atoms with Crippen LogP contribution >= 0.6 is 0 Å². The monoisotopic (exact) mass is 366 g/mol. The van der Waals surface area contributed by atoms with E-state index < -0.39 is 0 Å². The van der Waals surface area contributed by atoms with Gasteiger partial charge < -0.3 is 14.4 Å². The topological polar surface area (TPSA) is 41.4 Å². The van der Waals surface area contributed by atoms with E-state index in [1.54, 1.807) is 0 Å². The van der Waals surface area contributed by atoms with Gasteiger partial charge in [-0.1, -0.05) is 18.6 Å². The lowest BCUT2D eigenvalue weighted by atomic mass is 9.77. The molecule has 5 nitrogen and oxygen atoms in total. The number of piperidine rings is 1. The molecule has 3 fully saturated rings. The molecule has 1 aromatic carbocycles. The first-order valence-corrected chi connectivity index (χ1v) is 10.7. The molecule has 1 atom stereocenters. The van der Waals surface area contributed by atoms with Gasteiger partial charge in [0.2, 0.25) is 5.91 Å². The summed E-state index contributed by atoms with van der Waals surface area (Å²) in [6.07, 6.45) is 9.24. The van der Waals surface area contributed by atoms with Crippen molar-refractivity contribution < 1.29 is 4.79 Å². The number of carbonyl (C=O) groups excluding carboxylic acids is 1. The third-order valence-electron chi connectivity index (χ3n) is 7.14. The second kappa shape index (κ2) is 6.93. The molecule has 2 saturated heterocycles. The smallest absolute Gasteiger partial charge is 0.230 e. The van der Waals surface area contributed by atoms with Crippen LogP contribution < -0.4 is 0 Å². The maximum Gasteiger partial charge on any atom is 0.230 e. The number of imidazole rings is 1. The highest BCUT2D eigenvalue weighted by Crippen LogP contribution is 2.41. The Morgan fingerprint density at radius 3 is 2.81 bits per heavy atom. The Balaban J connectivity index is 1.22. The number of fused-ring (bicyclic) bond motifs is 1. The summed E-state index contributed by atoms with van der Waals surface area (Å²) >= 11 is 0. The summed E-state index contributed by atoms with van der Waals surface area (Å²) in [4.78, 5) is 22.5. The predicted octanol–water partition coefficient (Wildman–Crippen LogP) is 3.15. The van der Waals surface area contributed by atoms with Crippen LogP contribution in [-0.4, -0.2) is 58.0 Å². The minimum Gasteiger partial charge on any atom is -0.342 e. The van der Waals surface area contributed by atoms with Gasteiger partial charge in [-0.25, -0.2) is 4.98 Å². The lowest BCUT2D eigenvalue weighted by Crippen LogP contribution is -2.51. The number of hydrogen-bond donors (Lipinski definition) is 0. The third-order valence-corrected chi connectivity index (χ3v) is 7.14. The van der Waals surface area contributed by atoms with Crippen molar-refractivity contribution >= 4 is 16.9 Å². The van der Waals surface area contributed by atoms with Crippen molar-refractivity contribution in [2.75, 3.05) is 32.7 Å². The fraction of sp³-hybridized carbons (Fsp3) is 0.636. The molecule has 1 saturated carbocycles. The van der Waals surface area contributed by atoms with Crippen molar-refractivity contribution in [2.24, 2.45) is 11.3 Å². The average molecular weight is 367 g/mol. The van der Waals surface area contributed by atoms with E-state index >= 15 is 0 Å². The predicted molar refractivity (Wildman–Crippen MR) is 106 cm³/mol. The Bertz CT molecular complexity index is 827. The second-order valence-corrected chi connectivity index (χ2v) is 8.88. The number of amides is 1. The number of para-hydroxylation sites is 2. The van der Waals surface area contributed by atoms with Crippen LogP contribution in [0.25, 0.3) is 11.0 Å². The molecule has 0 N–H and O–H groups in total. The second-order valence-electron chi connectivity index (χ2n) is 8.88. The van der Waals surface area contributed by atoms with Crippen molar-refractivity contribution in [2.45, 2.75) is 45.1 Å². The molecule has 2 aromatic rings. The van der Waals surface area contributed by atoms with Gasteiger partial charge in [0, 0.05) is 32.7 Å². The fourth-order valence-corrected chi connectivity index (χ4v) is 5.28. The number of nitrogens with zero attached hydrogens (tertiary/aromatic N) is 4. The Hall–Kier alpha value is -1.88. The Morgan fingerprint density at radius 2 is 1.96 bits per heavy atom. The summed E-state index contributed by atoms with van der Waals surface area (Å²) in [5.41, 5.74) is 2.16. The molecule has 0 bridgehead atoms. The van der Waals surface area contributed by atoms with E-state index in [0.717, 1.165) is 63.5 Å². The Kier molecular flexibility index (Phi) is 4.43. The van der Waals surface area contributed by atoms with Crippen molar-refractivity contribution in [3.8, 4) is 0 Å². The zero-order valence-corrected chi connectivity index (χ0v) is 16.1. The van der Waals surface area contributed by atoms with Gasteiger partial charge in [-0.15, -0.1) is 0 Å². The van der Waals surface area contributed by atoms with Gasteiger partial charge in [0.15, 0.2) is 0 Å². The van der Waals surface area contributed by atoms with Gasteiger partial charge in [-0.05, 0) is 56.7 Å². The van der Waals surface area contributed by atoms with E-state index in [9.17, 15) is 4.79 Å². The molecule has 27 heavy (non-hydrogen) atoms. The summed E-state index contributed by atoms with van der Waals surface area (Å²) in [5.74, 6) is 1.23. The molecule has 5 heteroatoms. The van der Waals surface area contributed by atoms with E-state index in [1.807, 2.05) is 12.4 Å². The first-order valence-electron chi connectivity index (χ1n) is 10.7. The Labute approximate surface area is 161 Å². The molecular weight excluding hydrogens is 336 g/mol. The lowest BCUT2D eigenvalue weighted by Gasteiger charge is -2.42. The molecule has 1 aromatic heterocycles. The number of hydrogen-bond acceptors (Lipinski definition) is 3. The minimum atomic E-state index is -0.0982. The van der Waals surface area contributed by atoms with Gasteiger partial charge in [0.1, 0.15) is 0 Å². The molecule has 1 aliphatic carbocycles. The standard InChI is InChI=1S/C22H30N4O/c27-21-22(9-4-11-25(21)15-18-5-3-6-18)10-12-24(16-22)13-14-26-17-23-19-7-1-2-8-20(19)26/h1-2,7-8,17-18H,3-6,9-16H2/t22-/m1/s1. The summed E-state index contributed by atoms with van der Waals surface area (Å²) in [6, 6.07) is 8.31. The fourth-order valence-electron chi connectivity index (χ4n) is 5.28. The summed E-state index contributed by atoms with van der Waals surface area (Å²) in [5, 5.41) is 0. The average Bonchev–Trinajstić information content (AvgIpc) is 3.25. The summed E-state index contributed by atoms with van der Waals surface area (Å²) in [6.45, 7) is 5.93. The van der Waals surface area contributed by atoms with Crippen molar-refractivity contribution in [1.29, 1.82) is 0 Å². The largest absolute Gasteiger partial charge is 0.342 e. The molecule has 144 valence electrons. The highest BCUT2D eigenvalue weighted by molar-refractivity contribution is 5.84. The Morgan fingerprint density at radius 1 is 1.07 bits per heavy atom. The van der Waals surface area contributed by atoms with Gasteiger partial charge in [0.05, 0.1) is 22.8 Å². The van der Waals surface area contributed by atoms with Crippen LogP contribution in [0.3, 0.4) is 0 Å². The van der Waals surface area contributed by atoms with Crippen molar-refractivity contribution in [3.05, 3.63) is 30.6 Å². The molecule has 1 spiro atoms. The SMILES string of the molecule is O=C1N(CC2CCC2)CCC[C@]12CCN(CCn1cnc3ccccc31)C2. The van der Waals surface area contributed by atoms with E-state index in [-0.39, 0.29) is 5.41 Å². The molecule has 3 heterocycles. The van der Waals surface area contributed by atoms with Crippen LogP contribution in [0.5, 0.6) is 0 Å². The first-order chi connectivity index (χ1) is 13.2. The molecule has 1 amide bonds. The number of benzene rings is 1. The van der Waals surface area contributed by atoms with E-state index in [0.29, 0.717) is 5.91 Å². The zero-order valence-electron chi connectivity index (χ0n) is 16.1. The molecule has 3 aliphatic rings. The van der Waals surface area contributed by atoms with Crippen LogP contribution in [-0.2, 0) is 11.3 Å². The third kappa shape index (κ3) is 3.16. The zero-order chi connectivity index (χ0) is 18.3. The minimum absolute atomic E-state index is 0.0982. The van der Waals surface area contributed by atoms with Crippen LogP contribution in [0.2, 0.25) is 0 Å². The number of rotatable bonds is 5. The quantitative estimate of drug-likeness (QED) is 0.816. The highest BCUT2D eigenvalue weighted by Gasteiger charge is 2.48. The molecule has 2 aliphatic heterocycles. The number of likely N-dealkylation sites (tertiary alicyclic amines) is 2. The van der Waals surface area contributed by atoms with E-state index in [2.05, 4.69) is 37.5 Å². The summed E-state index contributed by atoms with van der Waals surface area (Å²) in [7, 11) is 0. The highest BCUT2D eigenvalue weighted by atomic mass is 16.2. The van der Waals surface area contributed by atoms with Gasteiger partial charge in [-0.2, -0.15) is 0 Å². The number of aromatic nitrogens is 2. The lowest BCUT2D eigenvalue weighted by molar-refractivity contribution is -0.146. The van der Waals surface area contributed by atoms with Crippen LogP contribution in [0.4, 0.5) is 0 Å². The van der Waals surface area contributed by atoms with Crippen molar-refractivity contribution in [3.63, 3.8) is 0 Å². The molecule has 5 rings (SSSR count). The van der Waals surface area contributed by atoms with E-state index in [1.165, 1.54) is 31.2 Å². The normalized spacial score (nSPS) is 27.0. The van der Waals surface area contributed by atoms with Gasteiger partial charge >= 0.3 is 0 Å². The number of carbonyl (C=O) groups is 1. The van der Waals surface area contributed by atoms with Crippen LogP contribution in [0, 0.1) is 11.3 Å². The summed E-state index contributed by atoms with van der Waals surface area (Å²) < 4.78 is 2.24. The molecule has 0 radical (unpaired) electrons. The molecular formula is C22H30N4O. The maximum absolute atomic E-state index is 13.3. The first kappa shape index (κ1) is 17.2. The van der Waals surface area contributed by atoms with Gasteiger partial charge in [-0.3, -0.25) is 4.79 Å². The maximum atomic E-state index is 13.3. The van der Waals surface area contributed by atoms with Crippen LogP contribution in [0.1, 0.15) is 38.5 Å².